The molecule has 1 atom stereocenters. The van der Waals surface area contributed by atoms with Crippen molar-refractivity contribution in [1.29, 1.82) is 0 Å². The van der Waals surface area contributed by atoms with Crippen LogP contribution in [-0.4, -0.2) is 50.1 Å². The van der Waals surface area contributed by atoms with Gasteiger partial charge in [0.25, 0.3) is 0 Å². The Bertz CT molecular complexity index is 496. The summed E-state index contributed by atoms with van der Waals surface area (Å²) in [5.74, 6) is 1.92. The second kappa shape index (κ2) is 10.3. The van der Waals surface area contributed by atoms with Gasteiger partial charge in [-0.05, 0) is 25.7 Å². The molecule has 1 aliphatic heterocycles. The van der Waals surface area contributed by atoms with Crippen LogP contribution in [-0.2, 0) is 16.0 Å². The van der Waals surface area contributed by atoms with Gasteiger partial charge in [0, 0.05) is 32.4 Å². The van der Waals surface area contributed by atoms with E-state index in [0.29, 0.717) is 12.5 Å². The molecule has 7 heteroatoms. The predicted octanol–water partition coefficient (Wildman–Crippen LogP) is 2.05. The van der Waals surface area contributed by atoms with E-state index in [1.165, 1.54) is 0 Å². The lowest BCUT2D eigenvalue weighted by Crippen LogP contribution is -2.38. The quantitative estimate of drug-likeness (QED) is 0.407. The highest BCUT2D eigenvalue weighted by molar-refractivity contribution is 5.79. The Balaban J connectivity index is 1.69. The van der Waals surface area contributed by atoms with E-state index >= 15 is 0 Å². The molecule has 0 bridgehead atoms. The molecule has 0 aliphatic carbocycles. The molecule has 0 radical (unpaired) electrons. The van der Waals surface area contributed by atoms with E-state index in [0.717, 1.165) is 63.2 Å². The number of hydrogen-bond donors (Lipinski definition) is 2. The maximum absolute atomic E-state index is 5.75. The molecule has 1 saturated heterocycles. The van der Waals surface area contributed by atoms with Gasteiger partial charge in [0.15, 0.2) is 11.7 Å². The molecule has 7 nitrogen and oxygen atoms in total. The lowest BCUT2D eigenvalue weighted by molar-refractivity contribution is 0.0420. The molecule has 1 unspecified atom stereocenters. The third kappa shape index (κ3) is 6.49. The summed E-state index contributed by atoms with van der Waals surface area (Å²) in [5, 5.41) is 10.6. The van der Waals surface area contributed by atoms with Crippen LogP contribution in [0, 0.1) is 0 Å². The smallest absolute Gasteiger partial charge is 0.191 e. The van der Waals surface area contributed by atoms with E-state index < -0.39 is 0 Å². The van der Waals surface area contributed by atoms with Gasteiger partial charge in [-0.3, -0.25) is 0 Å². The third-order valence-corrected chi connectivity index (χ3v) is 3.76. The highest BCUT2D eigenvalue weighted by Crippen LogP contribution is 2.14. The number of aliphatic imine (C=N–C) groups is 1. The van der Waals surface area contributed by atoms with Crippen molar-refractivity contribution in [3.63, 3.8) is 0 Å². The molecule has 24 heavy (non-hydrogen) atoms. The topological polar surface area (TPSA) is 80.9 Å². The number of ether oxygens (including phenoxy) is 2. The van der Waals surface area contributed by atoms with E-state index in [-0.39, 0.29) is 6.10 Å². The number of aromatic nitrogens is 1. The first-order chi connectivity index (χ1) is 11.7. The molecule has 0 spiro atoms. The van der Waals surface area contributed by atoms with Crippen LogP contribution in [0.15, 0.2) is 15.6 Å². The standard InChI is InChI=1S/C17H30N4O3/c1-4-18-17(19-7-5-8-23-14-6-9-22-12-14)20-11-15-10-16(13(2)3)21-24-15/h10,13-14H,4-9,11-12H2,1-3H3,(H2,18,19,20). The average molecular weight is 338 g/mol. The minimum absolute atomic E-state index is 0.272. The zero-order valence-electron chi connectivity index (χ0n) is 15.0. The third-order valence-electron chi connectivity index (χ3n) is 3.76. The second-order valence-corrected chi connectivity index (χ2v) is 6.20. The first kappa shape index (κ1) is 18.7. The van der Waals surface area contributed by atoms with Crippen molar-refractivity contribution in [2.75, 3.05) is 32.9 Å². The fourth-order valence-corrected chi connectivity index (χ4v) is 2.35. The SMILES string of the molecule is CCNC(=NCc1cc(C(C)C)no1)NCCCOC1CCOC1. The number of guanidine groups is 1. The summed E-state index contributed by atoms with van der Waals surface area (Å²) in [6.07, 6.45) is 2.21. The molecule has 1 fully saturated rings. The molecule has 1 aliphatic rings. The zero-order chi connectivity index (χ0) is 17.2. The van der Waals surface area contributed by atoms with Gasteiger partial charge in [-0.1, -0.05) is 19.0 Å². The average Bonchev–Trinajstić information content (AvgIpc) is 3.23. The molecular weight excluding hydrogens is 308 g/mol. The van der Waals surface area contributed by atoms with Crippen molar-refractivity contribution in [2.45, 2.75) is 52.2 Å². The highest BCUT2D eigenvalue weighted by atomic mass is 16.5. The van der Waals surface area contributed by atoms with Gasteiger partial charge in [-0.2, -0.15) is 0 Å². The molecule has 2 rings (SSSR count). The van der Waals surface area contributed by atoms with Gasteiger partial charge >= 0.3 is 0 Å². The van der Waals surface area contributed by atoms with E-state index in [1.54, 1.807) is 0 Å². The molecule has 1 aromatic rings. The number of nitrogens with one attached hydrogen (secondary N) is 2. The maximum Gasteiger partial charge on any atom is 0.191 e. The Morgan fingerprint density at radius 1 is 1.46 bits per heavy atom. The molecule has 2 heterocycles. The van der Waals surface area contributed by atoms with Crippen LogP contribution in [0.25, 0.3) is 0 Å². The van der Waals surface area contributed by atoms with Crippen molar-refractivity contribution in [3.05, 3.63) is 17.5 Å². The molecule has 1 aromatic heterocycles. The Hall–Kier alpha value is -1.60. The Morgan fingerprint density at radius 2 is 2.33 bits per heavy atom. The predicted molar refractivity (Wildman–Crippen MR) is 93.2 cm³/mol. The summed E-state index contributed by atoms with van der Waals surface area (Å²) in [4.78, 5) is 4.53. The molecule has 0 amide bonds. The summed E-state index contributed by atoms with van der Waals surface area (Å²) in [6, 6.07) is 1.97. The van der Waals surface area contributed by atoms with Crippen molar-refractivity contribution in [2.24, 2.45) is 4.99 Å². The highest BCUT2D eigenvalue weighted by Gasteiger charge is 2.15. The summed E-state index contributed by atoms with van der Waals surface area (Å²) in [5.41, 5.74) is 0.964. The van der Waals surface area contributed by atoms with Crippen LogP contribution < -0.4 is 10.6 Å². The normalized spacial score (nSPS) is 18.3. The van der Waals surface area contributed by atoms with Gasteiger partial charge in [0.05, 0.1) is 18.4 Å². The Morgan fingerprint density at radius 3 is 3.00 bits per heavy atom. The monoisotopic (exact) mass is 338 g/mol. The van der Waals surface area contributed by atoms with Gasteiger partial charge in [0.1, 0.15) is 6.54 Å². The van der Waals surface area contributed by atoms with E-state index in [4.69, 9.17) is 14.0 Å². The Kier molecular flexibility index (Phi) is 8.04. The van der Waals surface area contributed by atoms with Crippen LogP contribution in [0.1, 0.15) is 51.0 Å². The van der Waals surface area contributed by atoms with E-state index in [9.17, 15) is 0 Å². The lowest BCUT2D eigenvalue weighted by Gasteiger charge is -2.12. The zero-order valence-corrected chi connectivity index (χ0v) is 15.0. The summed E-state index contributed by atoms with van der Waals surface area (Å²) >= 11 is 0. The molecule has 2 N–H and O–H groups in total. The lowest BCUT2D eigenvalue weighted by atomic mass is 10.1. The minimum atomic E-state index is 0.272. The Labute approximate surface area is 144 Å². The van der Waals surface area contributed by atoms with Crippen LogP contribution in [0.3, 0.4) is 0 Å². The van der Waals surface area contributed by atoms with E-state index in [2.05, 4.69) is 34.6 Å². The largest absolute Gasteiger partial charge is 0.379 e. The molecule has 136 valence electrons. The summed E-state index contributed by atoms with van der Waals surface area (Å²) in [7, 11) is 0. The van der Waals surface area contributed by atoms with Crippen molar-refractivity contribution in [1.82, 2.24) is 15.8 Å². The second-order valence-electron chi connectivity index (χ2n) is 6.20. The van der Waals surface area contributed by atoms with Gasteiger partial charge in [0.2, 0.25) is 0 Å². The van der Waals surface area contributed by atoms with Crippen LogP contribution in [0.4, 0.5) is 0 Å². The van der Waals surface area contributed by atoms with Crippen molar-refractivity contribution < 1.29 is 14.0 Å². The minimum Gasteiger partial charge on any atom is -0.379 e. The van der Waals surface area contributed by atoms with Gasteiger partial charge in [-0.15, -0.1) is 0 Å². The number of nitrogens with zero attached hydrogens (tertiary/aromatic N) is 2. The van der Waals surface area contributed by atoms with Gasteiger partial charge in [-0.25, -0.2) is 4.99 Å². The maximum atomic E-state index is 5.75. The first-order valence-corrected chi connectivity index (χ1v) is 8.86. The number of rotatable bonds is 9. The van der Waals surface area contributed by atoms with Crippen LogP contribution in [0.5, 0.6) is 0 Å². The fraction of sp³-hybridized carbons (Fsp3) is 0.765. The summed E-state index contributed by atoms with van der Waals surface area (Å²) in [6.45, 7) is 10.6. The fourth-order valence-electron chi connectivity index (χ4n) is 2.35. The van der Waals surface area contributed by atoms with E-state index in [1.807, 2.05) is 13.0 Å². The molecular formula is C17H30N4O3. The summed E-state index contributed by atoms with van der Waals surface area (Å²) < 4.78 is 16.4. The number of hydrogen-bond acceptors (Lipinski definition) is 5. The van der Waals surface area contributed by atoms with Crippen LogP contribution >= 0.6 is 0 Å². The molecule has 0 aromatic carbocycles. The van der Waals surface area contributed by atoms with Crippen LogP contribution in [0.2, 0.25) is 0 Å². The van der Waals surface area contributed by atoms with Gasteiger partial charge < -0.3 is 24.6 Å². The molecule has 0 saturated carbocycles. The first-order valence-electron chi connectivity index (χ1n) is 8.86. The van der Waals surface area contributed by atoms with Crippen molar-refractivity contribution in [3.8, 4) is 0 Å². The van der Waals surface area contributed by atoms with Crippen molar-refractivity contribution >= 4 is 5.96 Å².